The fourth-order valence-corrected chi connectivity index (χ4v) is 5.28. The van der Waals surface area contributed by atoms with Crippen LogP contribution in [0.1, 0.15) is 26.7 Å². The summed E-state index contributed by atoms with van der Waals surface area (Å²) in [6.07, 6.45) is 0.0937. The number of halogens is 2. The minimum atomic E-state index is -0.805. The van der Waals surface area contributed by atoms with Crippen LogP contribution < -0.4 is 21.3 Å². The zero-order chi connectivity index (χ0) is 22.3. The molecule has 3 aliphatic rings. The third-order valence-corrected chi connectivity index (χ3v) is 6.96. The molecule has 3 saturated heterocycles. The van der Waals surface area contributed by atoms with E-state index in [1.54, 1.807) is 12.1 Å². The summed E-state index contributed by atoms with van der Waals surface area (Å²) >= 11 is 12.0. The lowest BCUT2D eigenvalue weighted by Crippen LogP contribution is -2.75. The summed E-state index contributed by atoms with van der Waals surface area (Å²) in [6, 6.07) is 4.74. The lowest BCUT2D eigenvalue weighted by atomic mass is 9.81. The van der Waals surface area contributed by atoms with E-state index in [-0.39, 0.29) is 24.5 Å². The zero-order valence-corrected chi connectivity index (χ0v) is 19.0. The monoisotopic (exact) mass is 467 g/mol. The van der Waals surface area contributed by atoms with Gasteiger partial charge in [0.05, 0.1) is 28.0 Å². The van der Waals surface area contributed by atoms with Crippen LogP contribution in [0.5, 0.6) is 0 Å². The molecule has 0 saturated carbocycles. The normalized spacial score (nSPS) is 33.8. The number of nitrogens with one attached hydrogen (secondary N) is 4. The number of nitrogens with zero attached hydrogens (tertiary/aromatic N) is 1. The van der Waals surface area contributed by atoms with Crippen molar-refractivity contribution >= 4 is 46.6 Å². The van der Waals surface area contributed by atoms with Crippen LogP contribution in [-0.2, 0) is 14.4 Å². The highest BCUT2D eigenvalue weighted by atomic mass is 35.5. The van der Waals surface area contributed by atoms with Gasteiger partial charge >= 0.3 is 0 Å². The lowest BCUT2D eigenvalue weighted by Gasteiger charge is -2.48. The van der Waals surface area contributed by atoms with Crippen LogP contribution in [0.3, 0.4) is 0 Å². The standard InChI is InChI=1S/C21H27Cl2N5O3/c1-10-5-11(2)9-28(8-10)21-26-18-17(20(31)27-21)13(7-16(29)25-18)19(30)24-12-3-4-14(22)15(23)6-12/h3-4,6,10-11,13,17-18,21,26H,5,7-9H2,1-2H3,(H,24,30)(H,25,29)(H,27,31). The summed E-state index contributed by atoms with van der Waals surface area (Å²) in [5.41, 5.74) is 0.459. The van der Waals surface area contributed by atoms with Gasteiger partial charge in [-0.2, -0.15) is 0 Å². The second-order valence-corrected chi connectivity index (χ2v) is 9.79. The lowest BCUT2D eigenvalue weighted by molar-refractivity contribution is -0.148. The molecule has 6 unspecified atom stereocenters. The molecule has 6 atom stereocenters. The van der Waals surface area contributed by atoms with Crippen LogP contribution in [0.25, 0.3) is 0 Å². The molecule has 31 heavy (non-hydrogen) atoms. The second kappa shape index (κ2) is 8.94. The Morgan fingerprint density at radius 3 is 2.48 bits per heavy atom. The number of hydrogen-bond acceptors (Lipinski definition) is 5. The third kappa shape index (κ3) is 4.82. The van der Waals surface area contributed by atoms with Gasteiger partial charge < -0.3 is 16.0 Å². The fraction of sp³-hybridized carbons (Fsp3) is 0.571. The summed E-state index contributed by atoms with van der Waals surface area (Å²) < 4.78 is 0. The van der Waals surface area contributed by atoms with Crippen molar-refractivity contribution < 1.29 is 14.4 Å². The first-order valence-electron chi connectivity index (χ1n) is 10.6. The molecule has 4 rings (SSSR count). The van der Waals surface area contributed by atoms with Gasteiger partial charge in [-0.1, -0.05) is 37.0 Å². The highest BCUT2D eigenvalue weighted by Gasteiger charge is 2.49. The number of fused-ring (bicyclic) bond motifs is 1. The molecule has 4 N–H and O–H groups in total. The van der Waals surface area contributed by atoms with Crippen molar-refractivity contribution in [3.63, 3.8) is 0 Å². The number of carbonyl (C=O) groups excluding carboxylic acids is 3. The molecule has 0 aromatic heterocycles. The van der Waals surface area contributed by atoms with E-state index in [1.165, 1.54) is 6.07 Å². The van der Waals surface area contributed by atoms with Crippen LogP contribution >= 0.6 is 23.2 Å². The molecular formula is C21H27Cl2N5O3. The SMILES string of the molecule is CC1CC(C)CN(C2NC(=O)C3C(NC(=O)CC3C(=O)Nc3ccc(Cl)c(Cl)c3)N2)C1. The van der Waals surface area contributed by atoms with E-state index >= 15 is 0 Å². The topological polar surface area (TPSA) is 103 Å². The maximum Gasteiger partial charge on any atom is 0.229 e. The summed E-state index contributed by atoms with van der Waals surface area (Å²) in [4.78, 5) is 40.6. The highest BCUT2D eigenvalue weighted by Crippen LogP contribution is 2.31. The fourth-order valence-electron chi connectivity index (χ4n) is 4.99. The Balaban J connectivity index is 1.49. The molecule has 3 heterocycles. The van der Waals surface area contributed by atoms with Crippen LogP contribution in [-0.4, -0.2) is 48.2 Å². The number of rotatable bonds is 3. The number of benzene rings is 1. The Hall–Kier alpha value is -1.87. The first-order chi connectivity index (χ1) is 14.7. The van der Waals surface area contributed by atoms with Crippen molar-refractivity contribution in [2.24, 2.45) is 23.7 Å². The molecule has 168 valence electrons. The van der Waals surface area contributed by atoms with Crippen LogP contribution in [0.15, 0.2) is 18.2 Å². The first-order valence-corrected chi connectivity index (χ1v) is 11.3. The largest absolute Gasteiger partial charge is 0.340 e. The molecule has 3 aliphatic heterocycles. The van der Waals surface area contributed by atoms with Crippen molar-refractivity contribution in [1.82, 2.24) is 20.9 Å². The quantitative estimate of drug-likeness (QED) is 0.544. The molecule has 0 radical (unpaired) electrons. The van der Waals surface area contributed by atoms with Gasteiger partial charge in [-0.15, -0.1) is 0 Å². The number of carbonyl (C=O) groups is 3. The van der Waals surface area contributed by atoms with Crippen LogP contribution in [0.4, 0.5) is 5.69 Å². The van der Waals surface area contributed by atoms with Crippen molar-refractivity contribution in [3.8, 4) is 0 Å². The average Bonchev–Trinajstić information content (AvgIpc) is 2.69. The van der Waals surface area contributed by atoms with Crippen LogP contribution in [0.2, 0.25) is 10.0 Å². The zero-order valence-electron chi connectivity index (χ0n) is 17.5. The summed E-state index contributed by atoms with van der Waals surface area (Å²) in [5, 5.41) is 12.6. The Labute approximate surface area is 191 Å². The Morgan fingerprint density at radius 1 is 1.10 bits per heavy atom. The van der Waals surface area contributed by atoms with Crippen molar-refractivity contribution in [2.75, 3.05) is 18.4 Å². The molecule has 3 fully saturated rings. The summed E-state index contributed by atoms with van der Waals surface area (Å²) in [6.45, 7) is 6.10. The van der Waals surface area contributed by atoms with E-state index in [0.717, 1.165) is 19.5 Å². The molecule has 8 nitrogen and oxygen atoms in total. The summed E-state index contributed by atoms with van der Waals surface area (Å²) in [5.74, 6) is -1.39. The first kappa shape index (κ1) is 22.3. The van der Waals surface area contributed by atoms with Crippen molar-refractivity contribution in [1.29, 1.82) is 0 Å². The van der Waals surface area contributed by atoms with Gasteiger partial charge in [0.25, 0.3) is 0 Å². The van der Waals surface area contributed by atoms with E-state index in [1.807, 2.05) is 0 Å². The molecule has 3 amide bonds. The highest BCUT2D eigenvalue weighted by molar-refractivity contribution is 6.42. The Morgan fingerprint density at radius 2 is 1.81 bits per heavy atom. The number of hydrogen-bond donors (Lipinski definition) is 4. The van der Waals surface area contributed by atoms with Gasteiger partial charge in [0.2, 0.25) is 17.7 Å². The molecule has 0 spiro atoms. The number of anilines is 1. The third-order valence-electron chi connectivity index (χ3n) is 6.22. The van der Waals surface area contributed by atoms with Gasteiger partial charge in [0, 0.05) is 25.2 Å². The summed E-state index contributed by atoms with van der Waals surface area (Å²) in [7, 11) is 0. The van der Waals surface area contributed by atoms with E-state index in [4.69, 9.17) is 23.2 Å². The second-order valence-electron chi connectivity index (χ2n) is 8.98. The van der Waals surface area contributed by atoms with Crippen molar-refractivity contribution in [3.05, 3.63) is 28.2 Å². The number of likely N-dealkylation sites (tertiary alicyclic amines) is 1. The molecule has 0 aliphatic carbocycles. The molecule has 0 bridgehead atoms. The molecule has 1 aromatic carbocycles. The molecular weight excluding hydrogens is 441 g/mol. The average molecular weight is 468 g/mol. The number of piperidine rings is 2. The van der Waals surface area contributed by atoms with E-state index in [0.29, 0.717) is 27.6 Å². The number of amides is 3. The maximum absolute atomic E-state index is 13.1. The van der Waals surface area contributed by atoms with E-state index in [9.17, 15) is 14.4 Å². The van der Waals surface area contributed by atoms with Crippen molar-refractivity contribution in [2.45, 2.75) is 39.1 Å². The van der Waals surface area contributed by atoms with Gasteiger partial charge in [-0.3, -0.25) is 24.6 Å². The van der Waals surface area contributed by atoms with E-state index in [2.05, 4.69) is 40.0 Å². The Bertz CT molecular complexity index is 888. The van der Waals surface area contributed by atoms with Crippen LogP contribution in [0, 0.1) is 23.7 Å². The minimum Gasteiger partial charge on any atom is -0.340 e. The van der Waals surface area contributed by atoms with Gasteiger partial charge in [0.1, 0.15) is 6.29 Å². The maximum atomic E-state index is 13.1. The predicted octanol–water partition coefficient (Wildman–Crippen LogP) is 1.99. The predicted molar refractivity (Wildman–Crippen MR) is 118 cm³/mol. The van der Waals surface area contributed by atoms with Gasteiger partial charge in [0.15, 0.2) is 0 Å². The minimum absolute atomic E-state index is 0.0636. The van der Waals surface area contributed by atoms with Gasteiger partial charge in [-0.25, -0.2) is 0 Å². The van der Waals surface area contributed by atoms with E-state index < -0.39 is 23.9 Å². The smallest absolute Gasteiger partial charge is 0.229 e. The Kier molecular flexibility index (Phi) is 6.44. The molecule has 10 heteroatoms. The van der Waals surface area contributed by atoms with Gasteiger partial charge in [-0.05, 0) is 36.5 Å². The molecule has 1 aromatic rings.